The standard InChI is InChI=1S/C66H44N2Si2/c1-5-21-45(22-6-1)67-59-41-37-49(69(47-25-9-3-10-26-47)61-33-17-13-29-51(61)52-30-14-18-34-62(52)69)43-57(59)55-39-40-56-58-44-50(38-42-60(58)68(66(56)65(55)67)46-23-7-2-8-24-46)70(48-27-11-4-12-28-48)63-35-19-15-31-53(63)54-32-16-20-36-64(54)70/h1-44H. The van der Waals surface area contributed by atoms with Gasteiger partial charge >= 0.3 is 0 Å². The zero-order valence-electron chi connectivity index (χ0n) is 38.3. The van der Waals surface area contributed by atoms with Crippen molar-refractivity contribution in [1.29, 1.82) is 0 Å². The van der Waals surface area contributed by atoms with E-state index in [0.29, 0.717) is 0 Å². The van der Waals surface area contributed by atoms with Gasteiger partial charge in [0.15, 0.2) is 16.1 Å². The van der Waals surface area contributed by atoms with E-state index in [-0.39, 0.29) is 0 Å². The molecule has 4 heteroatoms. The highest BCUT2D eigenvalue weighted by atomic mass is 28.3. The van der Waals surface area contributed by atoms with E-state index in [4.69, 9.17) is 0 Å². The average molecular weight is 921 g/mol. The molecule has 0 spiro atoms. The van der Waals surface area contributed by atoms with E-state index >= 15 is 0 Å². The summed E-state index contributed by atoms with van der Waals surface area (Å²) in [6, 6.07) is 101. The van der Waals surface area contributed by atoms with Crippen molar-refractivity contribution in [2.24, 2.45) is 0 Å². The summed E-state index contributed by atoms with van der Waals surface area (Å²) >= 11 is 0. The van der Waals surface area contributed by atoms with Crippen LogP contribution in [-0.4, -0.2) is 25.3 Å². The van der Waals surface area contributed by atoms with Gasteiger partial charge in [0.05, 0.1) is 22.1 Å². The van der Waals surface area contributed by atoms with Crippen molar-refractivity contribution in [2.45, 2.75) is 0 Å². The fraction of sp³-hybridized carbons (Fsp3) is 0. The molecular weight excluding hydrogens is 877 g/mol. The van der Waals surface area contributed by atoms with Crippen molar-refractivity contribution >= 4 is 101 Å². The highest BCUT2D eigenvalue weighted by Crippen LogP contribution is 2.42. The Morgan fingerprint density at radius 1 is 0.229 bits per heavy atom. The SMILES string of the molecule is c1ccc(-n2c3ccc([Si]4(c5ccccc5)c5ccccc5-c5ccccc54)cc3c3ccc4c5cc([Si]6(c7ccccc7)c7ccccc7-c7ccccc76)ccc5n(-c5ccccc5)c4c32)cc1. The molecule has 0 amide bonds. The maximum atomic E-state index is 2.58. The zero-order valence-corrected chi connectivity index (χ0v) is 40.3. The second-order valence-corrected chi connectivity index (χ2v) is 26.5. The summed E-state index contributed by atoms with van der Waals surface area (Å²) in [4.78, 5) is 0. The molecule has 2 aliphatic rings. The third-order valence-corrected chi connectivity index (χ3v) is 25.6. The summed E-state index contributed by atoms with van der Waals surface area (Å²) in [6.07, 6.45) is 0. The molecule has 4 heterocycles. The molecule has 2 nitrogen and oxygen atoms in total. The van der Waals surface area contributed by atoms with Gasteiger partial charge < -0.3 is 9.13 Å². The Morgan fingerprint density at radius 2 is 0.529 bits per heavy atom. The normalized spacial score (nSPS) is 13.9. The van der Waals surface area contributed by atoms with Crippen molar-refractivity contribution in [3.63, 3.8) is 0 Å². The molecular formula is C66H44N2Si2. The monoisotopic (exact) mass is 920 g/mol. The van der Waals surface area contributed by atoms with Crippen LogP contribution in [0.15, 0.2) is 267 Å². The number of hydrogen-bond acceptors (Lipinski definition) is 0. The Kier molecular flexibility index (Phi) is 8.44. The van der Waals surface area contributed by atoms with E-state index in [1.807, 2.05) is 0 Å². The Hall–Kier alpha value is -8.55. The van der Waals surface area contributed by atoms with Gasteiger partial charge in [0.2, 0.25) is 0 Å². The molecule has 70 heavy (non-hydrogen) atoms. The summed E-state index contributed by atoms with van der Waals surface area (Å²) in [6.45, 7) is 0. The molecule has 0 saturated heterocycles. The predicted octanol–water partition coefficient (Wildman–Crippen LogP) is 10.6. The maximum Gasteiger partial charge on any atom is 0.180 e. The van der Waals surface area contributed by atoms with Crippen LogP contribution in [0.4, 0.5) is 0 Å². The first-order chi connectivity index (χ1) is 34.8. The molecule has 0 atom stereocenters. The average Bonchev–Trinajstić information content (AvgIpc) is 4.15. The largest absolute Gasteiger partial charge is 0.307 e. The van der Waals surface area contributed by atoms with Gasteiger partial charge in [0.25, 0.3) is 0 Å². The molecule has 11 aromatic carbocycles. The quantitative estimate of drug-likeness (QED) is 0.147. The summed E-state index contributed by atoms with van der Waals surface area (Å²) in [5.74, 6) is 0. The summed E-state index contributed by atoms with van der Waals surface area (Å²) in [5.41, 5.74) is 12.6. The first-order valence-electron chi connectivity index (χ1n) is 24.4. The van der Waals surface area contributed by atoms with Gasteiger partial charge in [0.1, 0.15) is 0 Å². The Balaban J connectivity index is 1.07. The number of hydrogen-bond donors (Lipinski definition) is 0. The molecule has 2 aromatic heterocycles. The van der Waals surface area contributed by atoms with Crippen LogP contribution in [0.5, 0.6) is 0 Å². The van der Waals surface area contributed by atoms with Crippen molar-refractivity contribution in [1.82, 2.24) is 9.13 Å². The lowest BCUT2D eigenvalue weighted by atomic mass is 10.1. The van der Waals surface area contributed by atoms with Crippen LogP contribution in [0.2, 0.25) is 0 Å². The molecule has 2 aliphatic heterocycles. The molecule has 13 aromatic rings. The van der Waals surface area contributed by atoms with E-state index in [2.05, 4.69) is 276 Å². The number of aromatic nitrogens is 2. The van der Waals surface area contributed by atoms with E-state index in [1.54, 1.807) is 0 Å². The van der Waals surface area contributed by atoms with Gasteiger partial charge in [-0.25, -0.2) is 0 Å². The Morgan fingerprint density at radius 3 is 0.871 bits per heavy atom. The third kappa shape index (κ3) is 5.16. The molecule has 0 radical (unpaired) electrons. The van der Waals surface area contributed by atoms with Crippen LogP contribution in [0, 0.1) is 0 Å². The van der Waals surface area contributed by atoms with Crippen LogP contribution < -0.4 is 41.5 Å². The highest BCUT2D eigenvalue weighted by molar-refractivity contribution is 7.23. The zero-order chi connectivity index (χ0) is 46.0. The second-order valence-electron chi connectivity index (χ2n) is 19.1. The summed E-state index contributed by atoms with van der Waals surface area (Å²) < 4.78 is 5.10. The molecule has 0 fully saturated rings. The maximum absolute atomic E-state index is 2.76. The molecule has 326 valence electrons. The fourth-order valence-corrected chi connectivity index (χ4v) is 23.6. The number of fused-ring (bicyclic) bond motifs is 13. The molecule has 15 rings (SSSR count). The summed E-state index contributed by atoms with van der Waals surface area (Å²) in [5, 5.41) is 16.5. The van der Waals surface area contributed by atoms with Crippen molar-refractivity contribution < 1.29 is 0 Å². The minimum Gasteiger partial charge on any atom is -0.307 e. The van der Waals surface area contributed by atoms with Gasteiger partial charge in [-0.15, -0.1) is 0 Å². The van der Waals surface area contributed by atoms with Gasteiger partial charge in [-0.3, -0.25) is 0 Å². The number of benzene rings is 11. The van der Waals surface area contributed by atoms with E-state index < -0.39 is 16.1 Å². The first-order valence-corrected chi connectivity index (χ1v) is 28.4. The lowest BCUT2D eigenvalue weighted by Gasteiger charge is -2.31. The summed E-state index contributed by atoms with van der Waals surface area (Å²) in [7, 11) is -5.52. The van der Waals surface area contributed by atoms with Crippen LogP contribution >= 0.6 is 0 Å². The lowest BCUT2D eigenvalue weighted by Crippen LogP contribution is -2.72. The van der Waals surface area contributed by atoms with Gasteiger partial charge in [0, 0.05) is 32.9 Å². The number of rotatable bonds is 6. The number of nitrogens with zero attached hydrogens (tertiary/aromatic N) is 2. The van der Waals surface area contributed by atoms with Crippen LogP contribution in [0.3, 0.4) is 0 Å². The minimum atomic E-state index is -2.76. The van der Waals surface area contributed by atoms with Gasteiger partial charge in [-0.2, -0.15) is 0 Å². The molecule has 0 aliphatic carbocycles. The first kappa shape index (κ1) is 39.4. The molecule has 0 saturated carbocycles. The number of para-hydroxylation sites is 2. The van der Waals surface area contributed by atoms with Crippen molar-refractivity contribution in [3.05, 3.63) is 267 Å². The van der Waals surface area contributed by atoms with E-state index in [0.717, 1.165) is 11.4 Å². The minimum absolute atomic E-state index is 1.15. The fourth-order valence-electron chi connectivity index (χ4n) is 13.2. The topological polar surface area (TPSA) is 9.86 Å². The molecule has 0 unspecified atom stereocenters. The second kappa shape index (κ2) is 15.0. The highest BCUT2D eigenvalue weighted by Gasteiger charge is 2.50. The third-order valence-electron chi connectivity index (χ3n) is 15.9. The van der Waals surface area contributed by atoms with Crippen LogP contribution in [0.1, 0.15) is 0 Å². The van der Waals surface area contributed by atoms with Crippen LogP contribution in [0.25, 0.3) is 77.2 Å². The predicted molar refractivity (Wildman–Crippen MR) is 300 cm³/mol. The van der Waals surface area contributed by atoms with Crippen molar-refractivity contribution in [3.8, 4) is 33.6 Å². The lowest BCUT2D eigenvalue weighted by molar-refractivity contribution is 1.15. The molecule has 0 bridgehead atoms. The van der Waals surface area contributed by atoms with Gasteiger partial charge in [-0.1, -0.05) is 231 Å². The van der Waals surface area contributed by atoms with E-state index in [1.165, 1.54) is 107 Å². The van der Waals surface area contributed by atoms with E-state index in [9.17, 15) is 0 Å². The van der Waals surface area contributed by atoms with Crippen LogP contribution in [-0.2, 0) is 0 Å². The Labute approximate surface area is 408 Å². The van der Waals surface area contributed by atoms with Gasteiger partial charge in [-0.05, 0) is 100 Å². The Bertz CT molecular complexity index is 3860. The van der Waals surface area contributed by atoms with Crippen molar-refractivity contribution in [2.75, 3.05) is 0 Å². The molecule has 0 N–H and O–H groups in total. The smallest absolute Gasteiger partial charge is 0.180 e.